The van der Waals surface area contributed by atoms with Gasteiger partial charge in [-0.25, -0.2) is 28.3 Å². The van der Waals surface area contributed by atoms with E-state index in [1.54, 1.807) is 0 Å². The fourth-order valence-electron chi connectivity index (χ4n) is 13.2. The van der Waals surface area contributed by atoms with Gasteiger partial charge in [0.05, 0.1) is 60.5 Å². The lowest BCUT2D eigenvalue weighted by Gasteiger charge is -2.39. The molecule has 8 heterocycles. The molecule has 20 heteroatoms. The lowest BCUT2D eigenvalue weighted by Crippen LogP contribution is -2.53. The highest BCUT2D eigenvalue weighted by Gasteiger charge is 2.43. The molecule has 0 saturated carbocycles. The minimum Gasteiger partial charge on any atom is -0.453 e. The quantitative estimate of drug-likeness (QED) is 0.0926. The van der Waals surface area contributed by atoms with Crippen LogP contribution in [0.4, 0.5) is 29.7 Å². The molecule has 0 aliphatic carbocycles. The Morgan fingerprint density at radius 2 is 1.06 bits per heavy atom. The lowest BCUT2D eigenvalue weighted by molar-refractivity contribution is -0.137. The Balaban J connectivity index is 0.898. The number of aromatic nitrogens is 4. The van der Waals surface area contributed by atoms with Crippen LogP contribution in [0.3, 0.4) is 0 Å². The van der Waals surface area contributed by atoms with Gasteiger partial charge in [0.25, 0.3) is 0 Å². The molecule has 6 aliphatic heterocycles. The molecule has 2 aromatic heterocycles. The SMILES string of the molecule is COC(=O)N[C@H](C(=O)N1CCC[C@H]1c1nc2ccc(C3CC[C@H](c4ccc5nc([C@@H]6CCCN6C(=O)[C@@H](NC(=O)OC)C6CCOCC6)[nH]c5c4)N3c3cc(F)c(N4CCC(C)(C)CC4)c(F)c3)cc2[nH]1)C1CCOCC1. The third-order valence-corrected chi connectivity index (χ3v) is 17.6. The Kier molecular flexibility index (Phi) is 15.0. The summed E-state index contributed by atoms with van der Waals surface area (Å²) in [5.41, 5.74) is 5.44. The number of hydrogen-bond acceptors (Lipinski definition) is 12. The maximum Gasteiger partial charge on any atom is 0.407 e. The molecule has 4 N–H and O–H groups in total. The molecule has 412 valence electrons. The summed E-state index contributed by atoms with van der Waals surface area (Å²) in [5.74, 6) is -0.413. The van der Waals surface area contributed by atoms with E-state index >= 15 is 8.78 Å². The van der Waals surface area contributed by atoms with Crippen LogP contribution in [0.1, 0.15) is 138 Å². The Hall–Kier alpha value is -6.54. The molecule has 0 spiro atoms. The maximum absolute atomic E-state index is 16.7. The topological polar surface area (TPSA) is 200 Å². The number of ether oxygens (including phenoxy) is 4. The van der Waals surface area contributed by atoms with Crippen molar-refractivity contribution < 1.29 is 46.9 Å². The molecule has 5 aromatic rings. The van der Waals surface area contributed by atoms with E-state index in [0.717, 1.165) is 58.9 Å². The van der Waals surface area contributed by atoms with E-state index in [4.69, 9.17) is 28.9 Å². The van der Waals surface area contributed by atoms with E-state index in [1.807, 2.05) is 39.0 Å². The average Bonchev–Trinajstić information content (AvgIpc) is 4.42. The van der Waals surface area contributed by atoms with Crippen molar-refractivity contribution in [2.75, 3.05) is 76.6 Å². The molecule has 4 amide bonds. The summed E-state index contributed by atoms with van der Waals surface area (Å²) in [4.78, 5) is 78.7. The van der Waals surface area contributed by atoms with Gasteiger partial charge in [-0.05, 0) is 142 Å². The minimum atomic E-state index is -0.761. The number of likely N-dealkylation sites (tertiary alicyclic amines) is 2. The molecule has 6 fully saturated rings. The monoisotopic (exact) mass is 1060 g/mol. The molecule has 11 rings (SSSR count). The Labute approximate surface area is 447 Å². The Morgan fingerprint density at radius 1 is 0.623 bits per heavy atom. The van der Waals surface area contributed by atoms with Gasteiger partial charge in [-0.15, -0.1) is 0 Å². The predicted octanol–water partition coefficient (Wildman–Crippen LogP) is 9.06. The first-order valence-electron chi connectivity index (χ1n) is 27.7. The van der Waals surface area contributed by atoms with Crippen molar-refractivity contribution >= 4 is 57.4 Å². The lowest BCUT2D eigenvalue weighted by atomic mass is 9.82. The van der Waals surface area contributed by atoms with Crippen molar-refractivity contribution in [3.8, 4) is 0 Å². The number of carbonyl (C=O) groups is 4. The summed E-state index contributed by atoms with van der Waals surface area (Å²) in [6.45, 7) is 8.62. The second-order valence-electron chi connectivity index (χ2n) is 22.7. The van der Waals surface area contributed by atoms with Crippen molar-refractivity contribution in [2.24, 2.45) is 17.3 Å². The van der Waals surface area contributed by atoms with Gasteiger partial charge in [0.2, 0.25) is 11.8 Å². The average molecular weight is 1060 g/mol. The number of aromatic amines is 2. The number of amides is 4. The Bertz CT molecular complexity index is 2800. The second-order valence-corrected chi connectivity index (χ2v) is 22.7. The number of fused-ring (bicyclic) bond motifs is 2. The van der Waals surface area contributed by atoms with Gasteiger partial charge in [-0.3, -0.25) is 9.59 Å². The summed E-state index contributed by atoms with van der Waals surface area (Å²) in [6, 6.07) is 12.3. The number of anilines is 2. The van der Waals surface area contributed by atoms with E-state index in [-0.39, 0.29) is 58.9 Å². The predicted molar refractivity (Wildman–Crippen MR) is 284 cm³/mol. The molecule has 0 radical (unpaired) electrons. The zero-order valence-electron chi connectivity index (χ0n) is 44.6. The van der Waals surface area contributed by atoms with Gasteiger partial charge >= 0.3 is 12.2 Å². The fraction of sp³-hybridized carbons (Fsp3) is 0.579. The Morgan fingerprint density at radius 3 is 1.49 bits per heavy atom. The molecule has 3 aromatic carbocycles. The molecule has 18 nitrogen and oxygen atoms in total. The molecule has 0 bridgehead atoms. The number of nitrogens with zero attached hydrogens (tertiary/aromatic N) is 6. The van der Waals surface area contributed by atoms with E-state index < -0.39 is 35.9 Å². The highest BCUT2D eigenvalue weighted by Crippen LogP contribution is 2.49. The second kappa shape index (κ2) is 22.1. The first kappa shape index (κ1) is 52.5. The van der Waals surface area contributed by atoms with Crippen molar-refractivity contribution in [3.05, 3.63) is 82.9 Å². The highest BCUT2D eigenvalue weighted by molar-refractivity contribution is 5.88. The molecule has 1 unspecified atom stereocenters. The highest BCUT2D eigenvalue weighted by atomic mass is 19.1. The van der Waals surface area contributed by atoms with Crippen LogP contribution < -0.4 is 20.4 Å². The smallest absolute Gasteiger partial charge is 0.407 e. The zero-order valence-corrected chi connectivity index (χ0v) is 44.6. The number of benzene rings is 3. The van der Waals surface area contributed by atoms with Crippen LogP contribution in [-0.4, -0.2) is 133 Å². The van der Waals surface area contributed by atoms with Crippen molar-refractivity contribution in [2.45, 2.75) is 127 Å². The van der Waals surface area contributed by atoms with Crippen LogP contribution in [0, 0.1) is 28.9 Å². The molecule has 6 saturated heterocycles. The normalized spacial score (nSPS) is 24.1. The number of imidazole rings is 2. The summed E-state index contributed by atoms with van der Waals surface area (Å²) in [6.07, 6.45) is 7.22. The standard InChI is InChI=1S/C57H72F2N10O8/c1-57(2)19-23-66(24-20-57)50-38(58)31-37(32-39(50)59)69-44(35-9-11-40-42(29-35)62-51(60-40)46-7-5-21-67(46)53(70)48(64-55(72)74-3)33-15-25-76-26-16-33)13-14-45(69)36-10-12-41-43(30-36)63-52(61-41)47-8-6-22-68(47)54(71)49(65-56(73)75-4)34-17-27-77-28-18-34/h9-12,29-34,44-49H,5-8,13-28H2,1-4H3,(H,60,62)(H,61,63)(H,64,72)(H,65,73)/t44-,45?,46+,47+,48+,49+/m1/s1. The maximum atomic E-state index is 16.7. The number of hydrogen-bond donors (Lipinski definition) is 4. The number of alkyl carbamates (subject to hydrolysis) is 2. The summed E-state index contributed by atoms with van der Waals surface area (Å²) in [7, 11) is 2.59. The van der Waals surface area contributed by atoms with Crippen molar-refractivity contribution in [1.82, 2.24) is 40.4 Å². The van der Waals surface area contributed by atoms with Crippen LogP contribution in [0.25, 0.3) is 22.1 Å². The van der Waals surface area contributed by atoms with Crippen molar-refractivity contribution in [1.29, 1.82) is 0 Å². The van der Waals surface area contributed by atoms with Gasteiger partial charge in [0, 0.05) is 58.3 Å². The largest absolute Gasteiger partial charge is 0.453 e. The van der Waals surface area contributed by atoms with Gasteiger partial charge < -0.3 is 59.1 Å². The number of halogens is 2. The van der Waals surface area contributed by atoms with Crippen LogP contribution in [0.2, 0.25) is 0 Å². The number of piperidine rings is 1. The van der Waals surface area contributed by atoms with E-state index in [2.05, 4.69) is 51.5 Å². The number of rotatable bonds is 12. The number of methoxy groups -OCH3 is 2. The number of carbonyl (C=O) groups excluding carboxylic acids is 4. The summed E-state index contributed by atoms with van der Waals surface area (Å²) in [5, 5.41) is 5.66. The van der Waals surface area contributed by atoms with Crippen molar-refractivity contribution in [3.63, 3.8) is 0 Å². The van der Waals surface area contributed by atoms with Gasteiger partial charge in [-0.1, -0.05) is 26.0 Å². The molecular formula is C57H72F2N10O8. The zero-order chi connectivity index (χ0) is 53.5. The molecule has 77 heavy (non-hydrogen) atoms. The number of H-pyrrole nitrogens is 2. The van der Waals surface area contributed by atoms with E-state index in [0.29, 0.717) is 121 Å². The van der Waals surface area contributed by atoms with E-state index in [1.165, 1.54) is 26.4 Å². The van der Waals surface area contributed by atoms with Gasteiger partial charge in [-0.2, -0.15) is 0 Å². The summed E-state index contributed by atoms with van der Waals surface area (Å²) < 4.78 is 54.5. The number of nitrogens with one attached hydrogen (secondary N) is 4. The minimum absolute atomic E-state index is 0.00792. The molecular weight excluding hydrogens is 991 g/mol. The van der Waals surface area contributed by atoms with Gasteiger partial charge in [0.1, 0.15) is 29.4 Å². The summed E-state index contributed by atoms with van der Waals surface area (Å²) >= 11 is 0. The van der Waals surface area contributed by atoms with Crippen LogP contribution in [0.5, 0.6) is 0 Å². The molecule has 6 atom stereocenters. The fourth-order valence-corrected chi connectivity index (χ4v) is 13.2. The van der Waals surface area contributed by atoms with E-state index in [9.17, 15) is 19.2 Å². The first-order valence-corrected chi connectivity index (χ1v) is 27.7. The van der Waals surface area contributed by atoms with Crippen LogP contribution in [0.15, 0.2) is 48.5 Å². The van der Waals surface area contributed by atoms with Gasteiger partial charge in [0.15, 0.2) is 11.6 Å². The first-order chi connectivity index (χ1) is 37.3. The third kappa shape index (κ3) is 10.6. The molecule has 6 aliphatic rings. The van der Waals surface area contributed by atoms with Crippen LogP contribution >= 0.6 is 0 Å². The van der Waals surface area contributed by atoms with Crippen LogP contribution in [-0.2, 0) is 28.5 Å². The third-order valence-electron chi connectivity index (χ3n) is 17.6.